The molecule has 3 saturated heterocycles. The molecule has 2 bridgehead atoms. The lowest BCUT2D eigenvalue weighted by atomic mass is 9.85. The van der Waals surface area contributed by atoms with E-state index in [4.69, 9.17) is 42.1 Å². The molecule has 9 nitrogen and oxygen atoms in total. The summed E-state index contributed by atoms with van der Waals surface area (Å²) in [4.78, 5) is 34.9. The van der Waals surface area contributed by atoms with Crippen LogP contribution in [0, 0.1) is 5.92 Å². The summed E-state index contributed by atoms with van der Waals surface area (Å²) < 4.78 is 23.1. The molecule has 4 aromatic rings. The normalized spacial score (nSPS) is 19.6. The molecular formula is C37H39Cl2N3O6S. The Balaban J connectivity index is 1.12. The Morgan fingerprint density at radius 1 is 0.959 bits per heavy atom. The van der Waals surface area contributed by atoms with Crippen LogP contribution in [-0.2, 0) is 27.2 Å². The predicted molar refractivity (Wildman–Crippen MR) is 190 cm³/mol. The van der Waals surface area contributed by atoms with Crippen molar-refractivity contribution in [3.63, 3.8) is 0 Å². The van der Waals surface area contributed by atoms with E-state index in [1.165, 1.54) is 23.7 Å². The van der Waals surface area contributed by atoms with Crippen molar-refractivity contribution in [2.45, 2.75) is 43.9 Å². The molecule has 258 valence electrons. The highest BCUT2D eigenvalue weighted by atomic mass is 35.5. The fourth-order valence-corrected chi connectivity index (χ4v) is 7.89. The second-order valence-corrected chi connectivity index (χ2v) is 14.3. The molecule has 0 radical (unpaired) electrons. The molecule has 1 unspecified atom stereocenters. The number of carbonyl (C=O) groups excluding carboxylic acids is 2. The number of nitrogens with zero attached hydrogens (tertiary/aromatic N) is 2. The number of ether oxygens (including phenoxy) is 4. The molecule has 3 aliphatic rings. The highest BCUT2D eigenvalue weighted by Crippen LogP contribution is 2.36. The van der Waals surface area contributed by atoms with Crippen LogP contribution >= 0.6 is 34.5 Å². The zero-order valence-electron chi connectivity index (χ0n) is 27.4. The van der Waals surface area contributed by atoms with Gasteiger partial charge in [-0.1, -0.05) is 59.6 Å². The van der Waals surface area contributed by atoms with Crippen molar-refractivity contribution in [3.8, 4) is 11.5 Å². The van der Waals surface area contributed by atoms with Gasteiger partial charge in [-0.2, -0.15) is 0 Å². The summed E-state index contributed by atoms with van der Waals surface area (Å²) in [6, 6.07) is 18.7. The molecule has 49 heavy (non-hydrogen) atoms. The number of hydrogen-bond donors (Lipinski definition) is 1. The molecular weight excluding hydrogens is 685 g/mol. The number of benzene rings is 2. The number of methoxy groups -OCH3 is 2. The van der Waals surface area contributed by atoms with Crippen molar-refractivity contribution in [1.82, 2.24) is 15.2 Å². The topological polar surface area (TPSA) is 99.2 Å². The molecule has 3 fully saturated rings. The molecule has 3 aliphatic heterocycles. The Labute approximate surface area is 300 Å². The number of halogens is 2. The third kappa shape index (κ3) is 8.56. The summed E-state index contributed by atoms with van der Waals surface area (Å²) in [5.41, 5.74) is 2.21. The lowest BCUT2D eigenvalue weighted by molar-refractivity contribution is -0.160. The lowest BCUT2D eigenvalue weighted by Gasteiger charge is -2.44. The van der Waals surface area contributed by atoms with Crippen molar-refractivity contribution in [3.05, 3.63) is 110 Å². The Morgan fingerprint density at radius 2 is 1.69 bits per heavy atom. The fourth-order valence-electron chi connectivity index (χ4n) is 6.51. The Hall–Kier alpha value is -3.67. The van der Waals surface area contributed by atoms with Gasteiger partial charge in [0.15, 0.2) is 11.5 Å². The smallest absolute Gasteiger partial charge is 0.348 e. The number of thiophene rings is 1. The number of carbonyl (C=O) groups is 2. The molecule has 0 saturated carbocycles. The largest absolute Gasteiger partial charge is 0.493 e. The van der Waals surface area contributed by atoms with Crippen LogP contribution < -0.4 is 14.8 Å². The zero-order valence-corrected chi connectivity index (χ0v) is 29.7. The van der Waals surface area contributed by atoms with Crippen molar-refractivity contribution < 1.29 is 28.5 Å². The first-order chi connectivity index (χ1) is 23.8. The van der Waals surface area contributed by atoms with Crippen LogP contribution in [0.2, 0.25) is 10.0 Å². The average molecular weight is 725 g/mol. The quantitative estimate of drug-likeness (QED) is 0.136. The van der Waals surface area contributed by atoms with Gasteiger partial charge in [0.1, 0.15) is 17.1 Å². The molecule has 2 aromatic carbocycles. The minimum absolute atomic E-state index is 0.0551. The van der Waals surface area contributed by atoms with E-state index in [1.54, 1.807) is 32.4 Å². The highest BCUT2D eigenvalue weighted by Gasteiger charge is 2.38. The maximum atomic E-state index is 13.5. The van der Waals surface area contributed by atoms with Crippen LogP contribution in [0.15, 0.2) is 73.1 Å². The van der Waals surface area contributed by atoms with Crippen molar-refractivity contribution in [2.24, 2.45) is 5.92 Å². The van der Waals surface area contributed by atoms with E-state index < -0.39 is 18.0 Å². The van der Waals surface area contributed by atoms with Gasteiger partial charge in [-0.15, -0.1) is 11.3 Å². The van der Waals surface area contributed by atoms with E-state index in [1.807, 2.05) is 42.5 Å². The van der Waals surface area contributed by atoms with E-state index in [0.717, 1.165) is 42.9 Å². The summed E-state index contributed by atoms with van der Waals surface area (Å²) in [6.45, 7) is 3.85. The number of fused-ring (bicyclic) bond motifs is 3. The molecule has 7 rings (SSSR count). The summed E-state index contributed by atoms with van der Waals surface area (Å²) in [5, 5.41) is 4.18. The van der Waals surface area contributed by atoms with Crippen molar-refractivity contribution in [2.75, 3.05) is 40.4 Å². The molecule has 2 aromatic heterocycles. The van der Waals surface area contributed by atoms with Gasteiger partial charge in [0.2, 0.25) is 0 Å². The van der Waals surface area contributed by atoms with Gasteiger partial charge < -0.3 is 24.3 Å². The monoisotopic (exact) mass is 723 g/mol. The van der Waals surface area contributed by atoms with Gasteiger partial charge >= 0.3 is 11.9 Å². The highest BCUT2D eigenvalue weighted by molar-refractivity contribution is 7.13. The first-order valence-corrected chi connectivity index (χ1v) is 17.9. The van der Waals surface area contributed by atoms with Gasteiger partial charge in [0.25, 0.3) is 0 Å². The molecule has 3 atom stereocenters. The maximum Gasteiger partial charge on any atom is 0.348 e. The summed E-state index contributed by atoms with van der Waals surface area (Å²) in [7, 11) is 3.10. The molecule has 1 N–H and O–H groups in total. The van der Waals surface area contributed by atoms with Crippen LogP contribution in [0.1, 0.15) is 56.1 Å². The van der Waals surface area contributed by atoms with E-state index in [-0.39, 0.29) is 18.5 Å². The number of piperidine rings is 3. The maximum absolute atomic E-state index is 13.5. The molecule has 0 aliphatic carbocycles. The summed E-state index contributed by atoms with van der Waals surface area (Å²) in [6.07, 6.45) is 4.61. The Kier molecular flexibility index (Phi) is 11.7. The van der Waals surface area contributed by atoms with Crippen LogP contribution in [0.3, 0.4) is 0 Å². The Morgan fingerprint density at radius 3 is 2.37 bits per heavy atom. The van der Waals surface area contributed by atoms with Gasteiger partial charge in [0.05, 0.1) is 30.2 Å². The van der Waals surface area contributed by atoms with Gasteiger partial charge in [-0.05, 0) is 72.8 Å². The van der Waals surface area contributed by atoms with E-state index in [9.17, 15) is 9.59 Å². The summed E-state index contributed by atoms with van der Waals surface area (Å²) in [5.74, 6) is 0.347. The first-order valence-electron chi connectivity index (χ1n) is 16.3. The number of pyridine rings is 1. The third-order valence-electron chi connectivity index (χ3n) is 9.23. The zero-order chi connectivity index (χ0) is 34.3. The second kappa shape index (κ2) is 16.4. The Bertz CT molecular complexity index is 1730. The van der Waals surface area contributed by atoms with E-state index >= 15 is 0 Å². The number of hydrogen-bond acceptors (Lipinski definition) is 10. The lowest BCUT2D eigenvalue weighted by Crippen LogP contribution is -2.52. The SMILES string of the molecule is COc1ccc([C@H](Cc2c(Cl)cncc2Cl)OC(=O)c2ccc(CNCC(C(=O)O[C@H]3CN4CCC3CC4)c3ccccc3)s2)cc1OC. The number of nitrogens with one attached hydrogen (secondary N) is 1. The molecule has 0 spiro atoms. The standard InChI is InChI=1S/C37H39Cl2N3O6S/c1-45-31-10-8-25(16-33(31)46-2)32(17-27-29(38)20-41-21-30(27)39)47-37(44)35-11-9-26(49-35)18-40-19-28(23-6-4-3-5-7-23)36(43)48-34-22-42-14-12-24(34)13-15-42/h3-11,16,20-21,24,28,32,34,40H,12-15,17-19,22H2,1-2H3/t28?,32-,34-/m0/s1. The van der Waals surface area contributed by atoms with Crippen molar-refractivity contribution >= 4 is 46.5 Å². The average Bonchev–Trinajstić information content (AvgIpc) is 3.61. The van der Waals surface area contributed by atoms with Crippen LogP contribution in [0.5, 0.6) is 11.5 Å². The second-order valence-electron chi connectivity index (χ2n) is 12.3. The first kappa shape index (κ1) is 35.2. The molecule has 12 heteroatoms. The van der Waals surface area contributed by atoms with Gasteiger partial charge in [-0.3, -0.25) is 14.7 Å². The summed E-state index contributed by atoms with van der Waals surface area (Å²) >= 11 is 14.2. The van der Waals surface area contributed by atoms with Crippen LogP contribution in [0.25, 0.3) is 0 Å². The van der Waals surface area contributed by atoms with E-state index in [2.05, 4.69) is 15.2 Å². The molecule has 0 amide bonds. The van der Waals surface area contributed by atoms with E-state index in [0.29, 0.717) is 56.6 Å². The number of aromatic nitrogens is 1. The van der Waals surface area contributed by atoms with Gasteiger partial charge in [-0.25, -0.2) is 4.79 Å². The van der Waals surface area contributed by atoms with Crippen molar-refractivity contribution in [1.29, 1.82) is 0 Å². The van der Waals surface area contributed by atoms with Gasteiger partial charge in [0, 0.05) is 43.3 Å². The minimum Gasteiger partial charge on any atom is -0.493 e. The fraction of sp³-hybridized carbons (Fsp3) is 0.378. The number of esters is 2. The van der Waals surface area contributed by atoms with Crippen LogP contribution in [0.4, 0.5) is 0 Å². The van der Waals surface area contributed by atoms with Crippen LogP contribution in [-0.4, -0.2) is 68.3 Å². The number of rotatable bonds is 14. The third-order valence-corrected chi connectivity index (χ3v) is 10.9. The minimum atomic E-state index is -0.734. The predicted octanol–water partition coefficient (Wildman–Crippen LogP) is 7.12. The molecule has 5 heterocycles.